The van der Waals surface area contributed by atoms with Crippen LogP contribution in [0.4, 0.5) is 0 Å². The third-order valence-electron chi connectivity index (χ3n) is 1.73. The van der Waals surface area contributed by atoms with Crippen molar-refractivity contribution in [1.29, 1.82) is 0 Å². The Bertz CT molecular complexity index is 311. The second-order valence-corrected chi connectivity index (χ2v) is 2.81. The minimum Gasteiger partial charge on any atom is -0.454 e. The van der Waals surface area contributed by atoms with Crippen molar-refractivity contribution in [2.75, 3.05) is 6.79 Å². The van der Waals surface area contributed by atoms with E-state index in [1.165, 1.54) is 0 Å². The third-order valence-corrected chi connectivity index (χ3v) is 2.14. The van der Waals surface area contributed by atoms with Crippen LogP contribution in [0.25, 0.3) is 0 Å². The molecule has 0 spiro atoms. The fourth-order valence-electron chi connectivity index (χ4n) is 1.10. The summed E-state index contributed by atoms with van der Waals surface area (Å²) in [6, 6.07) is 3.45. The molecule has 4 heteroatoms. The van der Waals surface area contributed by atoms with Crippen LogP contribution in [-0.4, -0.2) is 11.9 Å². The Morgan fingerprint density at radius 2 is 2.25 bits per heavy atom. The number of benzene rings is 1. The third kappa shape index (κ3) is 1.02. The van der Waals surface area contributed by atoms with Crippen LogP contribution in [0.15, 0.2) is 12.1 Å². The standard InChI is InChI=1S/C8H7ClO3/c9-7-5(3-10)1-2-6-8(7)12-4-11-6/h1-2,10H,3-4H2. The number of hydrogen-bond donors (Lipinski definition) is 1. The lowest BCUT2D eigenvalue weighted by molar-refractivity contribution is 0.174. The van der Waals surface area contributed by atoms with Crippen LogP contribution in [0, 0.1) is 0 Å². The maximum Gasteiger partial charge on any atom is 0.231 e. The van der Waals surface area contributed by atoms with Crippen LogP contribution in [-0.2, 0) is 6.61 Å². The van der Waals surface area contributed by atoms with Gasteiger partial charge in [-0.15, -0.1) is 0 Å². The van der Waals surface area contributed by atoms with Gasteiger partial charge in [0.25, 0.3) is 0 Å². The summed E-state index contributed by atoms with van der Waals surface area (Å²) in [6.45, 7) is 0.111. The number of aliphatic hydroxyl groups excluding tert-OH is 1. The van der Waals surface area contributed by atoms with Gasteiger partial charge in [-0.25, -0.2) is 0 Å². The lowest BCUT2D eigenvalue weighted by Gasteiger charge is -2.02. The van der Waals surface area contributed by atoms with E-state index in [4.69, 9.17) is 26.2 Å². The van der Waals surface area contributed by atoms with Crippen LogP contribution >= 0.6 is 11.6 Å². The van der Waals surface area contributed by atoms with Crippen LogP contribution in [0.2, 0.25) is 5.02 Å². The highest BCUT2D eigenvalue weighted by atomic mass is 35.5. The molecule has 1 aliphatic heterocycles. The minimum absolute atomic E-state index is 0.0878. The Labute approximate surface area is 74.5 Å². The zero-order valence-electron chi connectivity index (χ0n) is 6.21. The molecule has 1 heterocycles. The van der Waals surface area contributed by atoms with Crippen molar-refractivity contribution in [3.05, 3.63) is 22.7 Å². The number of aliphatic hydroxyl groups is 1. The number of hydrogen-bond acceptors (Lipinski definition) is 3. The summed E-state index contributed by atoms with van der Waals surface area (Å²) in [5.41, 5.74) is 0.654. The first-order valence-corrected chi connectivity index (χ1v) is 3.88. The zero-order valence-corrected chi connectivity index (χ0v) is 6.97. The molecule has 0 aliphatic carbocycles. The van der Waals surface area contributed by atoms with E-state index < -0.39 is 0 Å². The predicted octanol–water partition coefficient (Wildman–Crippen LogP) is 1.56. The van der Waals surface area contributed by atoms with Gasteiger partial charge in [0.2, 0.25) is 6.79 Å². The van der Waals surface area contributed by atoms with Crippen LogP contribution in [0.5, 0.6) is 11.5 Å². The summed E-state index contributed by atoms with van der Waals surface area (Å²) in [4.78, 5) is 0. The molecule has 1 aromatic rings. The second-order valence-electron chi connectivity index (χ2n) is 2.43. The highest BCUT2D eigenvalue weighted by molar-refractivity contribution is 6.33. The summed E-state index contributed by atoms with van der Waals surface area (Å²) >= 11 is 5.89. The van der Waals surface area contributed by atoms with E-state index in [1.54, 1.807) is 12.1 Å². The van der Waals surface area contributed by atoms with Crippen molar-refractivity contribution in [1.82, 2.24) is 0 Å². The lowest BCUT2D eigenvalue weighted by atomic mass is 10.2. The summed E-state index contributed by atoms with van der Waals surface area (Å²) in [7, 11) is 0. The van der Waals surface area contributed by atoms with E-state index in [9.17, 15) is 0 Å². The number of ether oxygens (including phenoxy) is 2. The minimum atomic E-state index is -0.0878. The first-order chi connectivity index (χ1) is 5.83. The van der Waals surface area contributed by atoms with Gasteiger partial charge in [0.15, 0.2) is 11.5 Å². The van der Waals surface area contributed by atoms with Gasteiger partial charge in [-0.1, -0.05) is 17.7 Å². The maximum atomic E-state index is 8.87. The van der Waals surface area contributed by atoms with Gasteiger partial charge in [0.05, 0.1) is 11.6 Å². The molecule has 0 saturated heterocycles. The highest BCUT2D eigenvalue weighted by Crippen LogP contribution is 2.40. The first-order valence-electron chi connectivity index (χ1n) is 3.51. The molecular weight excluding hydrogens is 180 g/mol. The fraction of sp³-hybridized carbons (Fsp3) is 0.250. The first kappa shape index (κ1) is 7.71. The Kier molecular flexibility index (Phi) is 1.83. The van der Waals surface area contributed by atoms with Crippen molar-refractivity contribution in [3.8, 4) is 11.5 Å². The topological polar surface area (TPSA) is 38.7 Å². The molecule has 0 atom stereocenters. The van der Waals surface area contributed by atoms with Crippen molar-refractivity contribution >= 4 is 11.6 Å². The molecule has 1 aliphatic rings. The molecule has 64 valence electrons. The average molecular weight is 187 g/mol. The average Bonchev–Trinajstić information content (AvgIpc) is 2.53. The lowest BCUT2D eigenvalue weighted by Crippen LogP contribution is -1.93. The van der Waals surface area contributed by atoms with Gasteiger partial charge in [-0.2, -0.15) is 0 Å². The zero-order chi connectivity index (χ0) is 8.55. The van der Waals surface area contributed by atoms with Crippen LogP contribution in [0.3, 0.4) is 0 Å². The molecule has 2 rings (SSSR count). The molecule has 1 aromatic carbocycles. The Morgan fingerprint density at radius 1 is 1.42 bits per heavy atom. The van der Waals surface area contributed by atoms with E-state index in [2.05, 4.69) is 0 Å². The van der Waals surface area contributed by atoms with Gasteiger partial charge in [-0.3, -0.25) is 0 Å². The Hall–Kier alpha value is -0.930. The molecule has 0 bridgehead atoms. The van der Waals surface area contributed by atoms with Crippen molar-refractivity contribution < 1.29 is 14.6 Å². The molecular formula is C8H7ClO3. The number of rotatable bonds is 1. The molecule has 0 amide bonds. The van der Waals surface area contributed by atoms with Crippen molar-refractivity contribution in [2.24, 2.45) is 0 Å². The quantitative estimate of drug-likeness (QED) is 0.724. The Balaban J connectivity index is 2.54. The summed E-state index contributed by atoms with van der Waals surface area (Å²) in [6.07, 6.45) is 0. The van der Waals surface area contributed by atoms with Crippen molar-refractivity contribution in [3.63, 3.8) is 0 Å². The number of fused-ring (bicyclic) bond motifs is 1. The molecule has 0 fully saturated rings. The maximum absolute atomic E-state index is 8.87. The summed E-state index contributed by atoms with van der Waals surface area (Å²) < 4.78 is 10.2. The molecule has 0 radical (unpaired) electrons. The largest absolute Gasteiger partial charge is 0.454 e. The molecule has 0 saturated carbocycles. The van der Waals surface area contributed by atoms with Gasteiger partial charge in [0, 0.05) is 5.56 Å². The normalized spacial score (nSPS) is 13.5. The molecule has 3 nitrogen and oxygen atoms in total. The van der Waals surface area contributed by atoms with Gasteiger partial charge in [0.1, 0.15) is 0 Å². The van der Waals surface area contributed by atoms with Crippen LogP contribution < -0.4 is 9.47 Å². The molecule has 12 heavy (non-hydrogen) atoms. The van der Waals surface area contributed by atoms with Crippen molar-refractivity contribution in [2.45, 2.75) is 6.61 Å². The monoisotopic (exact) mass is 186 g/mol. The van der Waals surface area contributed by atoms with Crippen LogP contribution in [0.1, 0.15) is 5.56 Å². The van der Waals surface area contributed by atoms with E-state index in [-0.39, 0.29) is 13.4 Å². The Morgan fingerprint density at radius 3 is 3.00 bits per heavy atom. The molecule has 0 aromatic heterocycles. The second kappa shape index (κ2) is 2.84. The van der Waals surface area contributed by atoms with E-state index >= 15 is 0 Å². The predicted molar refractivity (Wildman–Crippen MR) is 43.5 cm³/mol. The highest BCUT2D eigenvalue weighted by Gasteiger charge is 2.18. The fourth-order valence-corrected chi connectivity index (χ4v) is 1.37. The van der Waals surface area contributed by atoms with Gasteiger partial charge < -0.3 is 14.6 Å². The van der Waals surface area contributed by atoms with E-state index in [0.29, 0.717) is 22.1 Å². The van der Waals surface area contributed by atoms with Gasteiger partial charge in [-0.05, 0) is 6.07 Å². The van der Waals surface area contributed by atoms with E-state index in [0.717, 1.165) is 0 Å². The van der Waals surface area contributed by atoms with Gasteiger partial charge >= 0.3 is 0 Å². The molecule has 1 N–H and O–H groups in total. The smallest absolute Gasteiger partial charge is 0.231 e. The number of halogens is 1. The summed E-state index contributed by atoms with van der Waals surface area (Å²) in [5.74, 6) is 1.17. The van der Waals surface area contributed by atoms with E-state index in [1.807, 2.05) is 0 Å². The summed E-state index contributed by atoms with van der Waals surface area (Å²) in [5, 5.41) is 9.31. The molecule has 0 unspecified atom stereocenters. The SMILES string of the molecule is OCc1ccc2c(c1Cl)OCO2.